The van der Waals surface area contributed by atoms with Gasteiger partial charge < -0.3 is 5.32 Å². The molecule has 0 amide bonds. The van der Waals surface area contributed by atoms with Crippen molar-refractivity contribution in [2.75, 3.05) is 11.9 Å². The largest absolute Gasteiger partial charge is 0.354 e. The highest BCUT2D eigenvalue weighted by atomic mass is 32.1. The first-order valence-electron chi connectivity index (χ1n) is 7.10. The molecule has 0 saturated heterocycles. The Kier molecular flexibility index (Phi) is 4.88. The average Bonchev–Trinajstić information content (AvgIpc) is 2.88. The van der Waals surface area contributed by atoms with Gasteiger partial charge in [0, 0.05) is 23.8 Å². The van der Waals surface area contributed by atoms with E-state index in [1.165, 1.54) is 6.20 Å². The molecule has 0 aromatic carbocycles. The maximum absolute atomic E-state index is 13.8. The van der Waals surface area contributed by atoms with E-state index in [0.29, 0.717) is 18.1 Å². The van der Waals surface area contributed by atoms with E-state index >= 15 is 0 Å². The number of hydrogen-bond acceptors (Lipinski definition) is 5. The summed E-state index contributed by atoms with van der Waals surface area (Å²) >= 11 is 1.55. The highest BCUT2D eigenvalue weighted by Crippen LogP contribution is 2.25. The molecule has 0 fully saturated rings. The van der Waals surface area contributed by atoms with E-state index in [2.05, 4.69) is 48.0 Å². The van der Waals surface area contributed by atoms with Crippen molar-refractivity contribution in [3.8, 4) is 0 Å². The first-order chi connectivity index (χ1) is 9.90. The van der Waals surface area contributed by atoms with Crippen LogP contribution in [-0.2, 0) is 11.8 Å². The first kappa shape index (κ1) is 15.8. The second-order valence-corrected chi connectivity index (χ2v) is 6.91. The SMILES string of the molecule is CCCNc1ncc(F)c(Cc2nc(C(C)(C)C)cs2)n1. The van der Waals surface area contributed by atoms with Crippen LogP contribution in [0.2, 0.25) is 0 Å². The fraction of sp³-hybridized carbons (Fsp3) is 0.533. The summed E-state index contributed by atoms with van der Waals surface area (Å²) in [4.78, 5) is 12.8. The molecule has 2 aromatic heterocycles. The summed E-state index contributed by atoms with van der Waals surface area (Å²) < 4.78 is 13.8. The van der Waals surface area contributed by atoms with Crippen LogP contribution < -0.4 is 5.32 Å². The number of halogens is 1. The molecule has 0 aliphatic rings. The van der Waals surface area contributed by atoms with E-state index in [9.17, 15) is 4.39 Å². The molecule has 1 N–H and O–H groups in total. The topological polar surface area (TPSA) is 50.7 Å². The van der Waals surface area contributed by atoms with E-state index < -0.39 is 0 Å². The van der Waals surface area contributed by atoms with Crippen LogP contribution in [0.15, 0.2) is 11.6 Å². The summed E-state index contributed by atoms with van der Waals surface area (Å²) in [5.41, 5.74) is 1.42. The van der Waals surface area contributed by atoms with Gasteiger partial charge in [0.15, 0.2) is 5.82 Å². The van der Waals surface area contributed by atoms with Crippen LogP contribution in [0, 0.1) is 5.82 Å². The van der Waals surface area contributed by atoms with E-state index in [-0.39, 0.29) is 11.2 Å². The van der Waals surface area contributed by atoms with E-state index in [1.54, 1.807) is 11.3 Å². The van der Waals surface area contributed by atoms with Crippen LogP contribution >= 0.6 is 11.3 Å². The summed E-state index contributed by atoms with van der Waals surface area (Å²) in [5, 5.41) is 5.98. The maximum Gasteiger partial charge on any atom is 0.223 e. The Hall–Kier alpha value is -1.56. The molecule has 0 unspecified atom stereocenters. The van der Waals surface area contributed by atoms with Gasteiger partial charge in [-0.25, -0.2) is 19.3 Å². The Morgan fingerprint density at radius 1 is 1.29 bits per heavy atom. The highest BCUT2D eigenvalue weighted by Gasteiger charge is 2.18. The Balaban J connectivity index is 2.16. The Bertz CT molecular complexity index is 604. The molecule has 4 nitrogen and oxygen atoms in total. The molecule has 114 valence electrons. The number of aromatic nitrogens is 3. The minimum atomic E-state index is -0.385. The molecule has 6 heteroatoms. The molecule has 0 aliphatic heterocycles. The number of thiazole rings is 1. The fourth-order valence-corrected chi connectivity index (χ4v) is 2.75. The van der Waals surface area contributed by atoms with Crippen molar-refractivity contribution in [3.63, 3.8) is 0 Å². The Labute approximate surface area is 128 Å². The molecule has 0 spiro atoms. The molecule has 0 aliphatic carbocycles. The van der Waals surface area contributed by atoms with E-state index in [1.807, 2.05) is 5.38 Å². The molecule has 0 radical (unpaired) electrons. The summed E-state index contributed by atoms with van der Waals surface area (Å²) in [7, 11) is 0. The van der Waals surface area contributed by atoms with Gasteiger partial charge in [0.05, 0.1) is 22.6 Å². The summed E-state index contributed by atoms with van der Waals surface area (Å²) in [5.74, 6) is 0.0883. The van der Waals surface area contributed by atoms with Crippen molar-refractivity contribution in [2.45, 2.75) is 46.0 Å². The van der Waals surface area contributed by atoms with Gasteiger partial charge in [0.2, 0.25) is 5.95 Å². The molecule has 2 aromatic rings. The molecule has 0 atom stereocenters. The van der Waals surface area contributed by atoms with Crippen molar-refractivity contribution in [3.05, 3.63) is 33.8 Å². The van der Waals surface area contributed by atoms with Gasteiger partial charge in [-0.05, 0) is 6.42 Å². The number of rotatable bonds is 5. The number of hydrogen-bond donors (Lipinski definition) is 1. The molecule has 2 rings (SSSR count). The van der Waals surface area contributed by atoms with Gasteiger partial charge in [0.25, 0.3) is 0 Å². The summed E-state index contributed by atoms with van der Waals surface area (Å²) in [6.45, 7) is 9.18. The smallest absolute Gasteiger partial charge is 0.223 e. The third-order valence-electron chi connectivity index (χ3n) is 2.99. The van der Waals surface area contributed by atoms with Crippen molar-refractivity contribution in [2.24, 2.45) is 0 Å². The molecule has 2 heterocycles. The molecular formula is C15H21FN4S. The van der Waals surface area contributed by atoms with Gasteiger partial charge >= 0.3 is 0 Å². The lowest BCUT2D eigenvalue weighted by molar-refractivity contribution is 0.570. The predicted octanol–water partition coefficient (Wildman–Crippen LogP) is 3.78. The van der Waals surface area contributed by atoms with Crippen LogP contribution in [0.25, 0.3) is 0 Å². The van der Waals surface area contributed by atoms with Crippen LogP contribution in [-0.4, -0.2) is 21.5 Å². The Morgan fingerprint density at radius 2 is 2.05 bits per heavy atom. The Morgan fingerprint density at radius 3 is 2.67 bits per heavy atom. The highest BCUT2D eigenvalue weighted by molar-refractivity contribution is 7.09. The second-order valence-electron chi connectivity index (χ2n) is 5.97. The van der Waals surface area contributed by atoms with Crippen molar-refractivity contribution in [1.82, 2.24) is 15.0 Å². The molecular weight excluding hydrogens is 287 g/mol. The van der Waals surface area contributed by atoms with Crippen molar-refractivity contribution < 1.29 is 4.39 Å². The average molecular weight is 308 g/mol. The minimum absolute atomic E-state index is 0.00675. The lowest BCUT2D eigenvalue weighted by Crippen LogP contribution is -2.12. The number of nitrogens with one attached hydrogen (secondary N) is 1. The number of anilines is 1. The lowest BCUT2D eigenvalue weighted by Gasteiger charge is -2.14. The number of nitrogens with zero attached hydrogens (tertiary/aromatic N) is 3. The van der Waals surface area contributed by atoms with Crippen molar-refractivity contribution in [1.29, 1.82) is 0 Å². The summed E-state index contributed by atoms with van der Waals surface area (Å²) in [6, 6.07) is 0. The standard InChI is InChI=1S/C15H21FN4S/c1-5-6-17-14-18-8-10(16)11(19-14)7-13-20-12(9-21-13)15(2,3)4/h8-9H,5-7H2,1-4H3,(H,17,18,19). The van der Waals surface area contributed by atoms with E-state index in [0.717, 1.165) is 23.7 Å². The van der Waals surface area contributed by atoms with Gasteiger partial charge in [-0.3, -0.25) is 0 Å². The van der Waals surface area contributed by atoms with E-state index in [4.69, 9.17) is 0 Å². The van der Waals surface area contributed by atoms with Crippen LogP contribution in [0.3, 0.4) is 0 Å². The first-order valence-corrected chi connectivity index (χ1v) is 7.98. The third kappa shape index (κ3) is 4.20. The fourth-order valence-electron chi connectivity index (χ4n) is 1.73. The monoisotopic (exact) mass is 308 g/mol. The van der Waals surface area contributed by atoms with Crippen LogP contribution in [0.1, 0.15) is 50.5 Å². The summed E-state index contributed by atoms with van der Waals surface area (Å²) in [6.07, 6.45) is 2.59. The second kappa shape index (κ2) is 6.47. The van der Waals surface area contributed by atoms with Gasteiger partial charge in [-0.1, -0.05) is 27.7 Å². The third-order valence-corrected chi connectivity index (χ3v) is 3.84. The maximum atomic E-state index is 13.8. The quantitative estimate of drug-likeness (QED) is 0.913. The zero-order chi connectivity index (χ0) is 15.5. The lowest BCUT2D eigenvalue weighted by atomic mass is 9.93. The van der Waals surface area contributed by atoms with Crippen LogP contribution in [0.4, 0.5) is 10.3 Å². The minimum Gasteiger partial charge on any atom is -0.354 e. The predicted molar refractivity (Wildman–Crippen MR) is 84.4 cm³/mol. The van der Waals surface area contributed by atoms with Gasteiger partial charge in [0.1, 0.15) is 0 Å². The van der Waals surface area contributed by atoms with Crippen LogP contribution in [0.5, 0.6) is 0 Å². The zero-order valence-electron chi connectivity index (χ0n) is 12.9. The van der Waals surface area contributed by atoms with Gasteiger partial charge in [-0.2, -0.15) is 0 Å². The molecule has 0 saturated carbocycles. The zero-order valence-corrected chi connectivity index (χ0v) is 13.7. The van der Waals surface area contributed by atoms with Crippen molar-refractivity contribution >= 4 is 17.3 Å². The molecule has 0 bridgehead atoms. The normalized spacial score (nSPS) is 11.7. The van der Waals surface area contributed by atoms with Gasteiger partial charge in [-0.15, -0.1) is 11.3 Å². The molecule has 21 heavy (non-hydrogen) atoms.